The molecule has 0 saturated heterocycles. The van der Waals surface area contributed by atoms with Gasteiger partial charge < -0.3 is 0 Å². The molecule has 22 heavy (non-hydrogen) atoms. The highest BCUT2D eigenvalue weighted by molar-refractivity contribution is 7.17. The van der Waals surface area contributed by atoms with Crippen LogP contribution in [0.5, 0.6) is 0 Å². The lowest BCUT2D eigenvalue weighted by Gasteiger charge is -2.12. The summed E-state index contributed by atoms with van der Waals surface area (Å²) in [5.74, 6) is -0.177. The van der Waals surface area contributed by atoms with E-state index in [0.717, 1.165) is 24.0 Å². The maximum absolute atomic E-state index is 13.4. The van der Waals surface area contributed by atoms with E-state index in [2.05, 4.69) is 42.6 Å². The first-order valence-electron chi connectivity index (χ1n) is 7.63. The Balaban J connectivity index is 2.13. The van der Waals surface area contributed by atoms with E-state index in [0.29, 0.717) is 0 Å². The Morgan fingerprint density at radius 1 is 1.14 bits per heavy atom. The number of rotatable bonds is 4. The summed E-state index contributed by atoms with van der Waals surface area (Å²) in [4.78, 5) is 0. The molecular formula is C20H19FS. The highest BCUT2D eigenvalue weighted by Gasteiger charge is 2.09. The van der Waals surface area contributed by atoms with Gasteiger partial charge in [0.25, 0.3) is 0 Å². The zero-order valence-electron chi connectivity index (χ0n) is 12.9. The quantitative estimate of drug-likeness (QED) is 0.510. The van der Waals surface area contributed by atoms with Gasteiger partial charge in [-0.1, -0.05) is 31.6 Å². The van der Waals surface area contributed by atoms with Gasteiger partial charge in [-0.05, 0) is 76.7 Å². The third-order valence-corrected chi connectivity index (χ3v) is 4.78. The fourth-order valence-corrected chi connectivity index (χ4v) is 3.51. The van der Waals surface area contributed by atoms with Crippen LogP contribution in [-0.4, -0.2) is 0 Å². The number of allylic oxidation sites excluding steroid dienone is 1. The monoisotopic (exact) mass is 310 g/mol. The first-order valence-corrected chi connectivity index (χ1v) is 8.51. The lowest BCUT2D eigenvalue weighted by molar-refractivity contribution is 0.626. The van der Waals surface area contributed by atoms with E-state index in [1.54, 1.807) is 23.5 Å². The Bertz CT molecular complexity index is 827. The number of hydrogen-bond acceptors (Lipinski definition) is 1. The van der Waals surface area contributed by atoms with Crippen LogP contribution in [0.2, 0.25) is 0 Å². The summed E-state index contributed by atoms with van der Waals surface area (Å²) in [6.07, 6.45) is 4.39. The number of thiophene rings is 1. The van der Waals surface area contributed by atoms with Gasteiger partial charge in [0.15, 0.2) is 0 Å². The lowest BCUT2D eigenvalue weighted by Crippen LogP contribution is -1.93. The van der Waals surface area contributed by atoms with Crippen molar-refractivity contribution in [3.8, 4) is 0 Å². The van der Waals surface area contributed by atoms with Gasteiger partial charge in [-0.3, -0.25) is 0 Å². The van der Waals surface area contributed by atoms with Crippen molar-refractivity contribution in [2.45, 2.75) is 26.7 Å². The summed E-state index contributed by atoms with van der Waals surface area (Å²) in [7, 11) is 0. The molecule has 0 saturated carbocycles. The summed E-state index contributed by atoms with van der Waals surface area (Å²) in [6.45, 7) is 4.15. The molecule has 3 aromatic rings. The predicted molar refractivity (Wildman–Crippen MR) is 94.9 cm³/mol. The molecule has 0 atom stereocenters. The Morgan fingerprint density at radius 3 is 2.77 bits per heavy atom. The number of aryl methyl sites for hydroxylation is 1. The Hall–Kier alpha value is -1.93. The minimum atomic E-state index is -0.177. The summed E-state index contributed by atoms with van der Waals surface area (Å²) < 4.78 is 14.7. The van der Waals surface area contributed by atoms with E-state index in [9.17, 15) is 4.39 Å². The van der Waals surface area contributed by atoms with Gasteiger partial charge in [-0.25, -0.2) is 4.39 Å². The maximum atomic E-state index is 13.4. The third kappa shape index (κ3) is 2.97. The zero-order valence-corrected chi connectivity index (χ0v) is 13.7. The first kappa shape index (κ1) is 15.0. The van der Waals surface area contributed by atoms with Gasteiger partial charge in [0.1, 0.15) is 5.82 Å². The molecule has 3 rings (SSSR count). The summed E-state index contributed by atoms with van der Waals surface area (Å²) in [5, 5.41) is 3.39. The van der Waals surface area contributed by atoms with E-state index in [-0.39, 0.29) is 5.82 Å². The topological polar surface area (TPSA) is 0 Å². The van der Waals surface area contributed by atoms with E-state index < -0.39 is 0 Å². The van der Waals surface area contributed by atoms with Crippen LogP contribution < -0.4 is 0 Å². The second-order valence-corrected chi connectivity index (χ2v) is 6.49. The van der Waals surface area contributed by atoms with Crippen molar-refractivity contribution in [3.05, 3.63) is 76.4 Å². The maximum Gasteiger partial charge on any atom is 0.123 e. The van der Waals surface area contributed by atoms with Crippen molar-refractivity contribution in [2.75, 3.05) is 0 Å². The fraction of sp³-hybridized carbons (Fsp3) is 0.200. The Kier molecular flexibility index (Phi) is 4.39. The first-order chi connectivity index (χ1) is 10.7. The van der Waals surface area contributed by atoms with Gasteiger partial charge in [-0.2, -0.15) is 0 Å². The molecule has 0 bridgehead atoms. The van der Waals surface area contributed by atoms with Crippen LogP contribution in [0.1, 0.15) is 36.5 Å². The van der Waals surface area contributed by atoms with Crippen molar-refractivity contribution >= 4 is 27.0 Å². The molecule has 0 aliphatic carbocycles. The molecule has 2 aromatic carbocycles. The molecule has 1 heterocycles. The number of benzene rings is 2. The van der Waals surface area contributed by atoms with Crippen molar-refractivity contribution in [1.82, 2.24) is 0 Å². The number of fused-ring (bicyclic) bond motifs is 1. The molecule has 1 aromatic heterocycles. The van der Waals surface area contributed by atoms with E-state index in [1.807, 2.05) is 13.0 Å². The van der Waals surface area contributed by atoms with Crippen LogP contribution in [0.15, 0.2) is 53.9 Å². The van der Waals surface area contributed by atoms with Crippen LogP contribution in [0.25, 0.3) is 15.7 Å². The highest BCUT2D eigenvalue weighted by atomic mass is 32.1. The van der Waals surface area contributed by atoms with Crippen LogP contribution in [0.3, 0.4) is 0 Å². The third-order valence-electron chi connectivity index (χ3n) is 3.88. The zero-order chi connectivity index (χ0) is 15.5. The van der Waals surface area contributed by atoms with Crippen LogP contribution in [0.4, 0.5) is 4.39 Å². The minimum Gasteiger partial charge on any atom is -0.207 e. The van der Waals surface area contributed by atoms with Crippen molar-refractivity contribution < 1.29 is 4.39 Å². The predicted octanol–water partition coefficient (Wildman–Crippen LogP) is 6.58. The molecule has 0 amide bonds. The molecule has 0 unspecified atom stereocenters. The van der Waals surface area contributed by atoms with Gasteiger partial charge in [0, 0.05) is 4.70 Å². The highest BCUT2D eigenvalue weighted by Crippen LogP contribution is 2.31. The van der Waals surface area contributed by atoms with E-state index in [4.69, 9.17) is 0 Å². The normalized spacial score (nSPS) is 12.0. The van der Waals surface area contributed by atoms with Gasteiger partial charge in [0.05, 0.1) is 0 Å². The van der Waals surface area contributed by atoms with Gasteiger partial charge in [0.2, 0.25) is 0 Å². The fourth-order valence-electron chi connectivity index (χ4n) is 2.74. The summed E-state index contributed by atoms with van der Waals surface area (Å²) >= 11 is 1.76. The average Bonchev–Trinajstić information content (AvgIpc) is 2.97. The second kappa shape index (κ2) is 6.45. The van der Waals surface area contributed by atoms with E-state index >= 15 is 0 Å². The largest absolute Gasteiger partial charge is 0.207 e. The van der Waals surface area contributed by atoms with Gasteiger partial charge >= 0.3 is 0 Å². The molecule has 0 aliphatic heterocycles. The number of unbranched alkanes of at least 4 members (excludes halogenated alkanes) is 1. The van der Waals surface area contributed by atoms with Gasteiger partial charge in [-0.15, -0.1) is 11.3 Å². The average molecular weight is 310 g/mol. The molecule has 0 radical (unpaired) electrons. The van der Waals surface area contributed by atoms with E-state index in [1.165, 1.54) is 21.2 Å². The van der Waals surface area contributed by atoms with Crippen LogP contribution >= 0.6 is 11.3 Å². The molecule has 0 spiro atoms. The molecule has 0 aliphatic rings. The smallest absolute Gasteiger partial charge is 0.123 e. The van der Waals surface area contributed by atoms with Crippen molar-refractivity contribution in [3.63, 3.8) is 0 Å². The summed E-state index contributed by atoms with van der Waals surface area (Å²) in [6, 6.07) is 13.8. The SMILES string of the molecule is CCC/C=C(/c1ccc2sccc2c1)c1ccc(F)cc1C. The second-order valence-electron chi connectivity index (χ2n) is 5.54. The van der Waals surface area contributed by atoms with Crippen LogP contribution in [0, 0.1) is 12.7 Å². The standard InChI is InChI=1S/C20H19FS/c1-3-4-5-19(18-8-7-17(21)12-14(18)2)15-6-9-20-16(13-15)10-11-22-20/h5-13H,3-4H2,1-2H3/b19-5-. The molecule has 0 N–H and O–H groups in total. The lowest BCUT2D eigenvalue weighted by atomic mass is 9.92. The van der Waals surface area contributed by atoms with Crippen LogP contribution in [-0.2, 0) is 0 Å². The molecule has 112 valence electrons. The van der Waals surface area contributed by atoms with Crippen molar-refractivity contribution in [2.24, 2.45) is 0 Å². The molecule has 0 nitrogen and oxygen atoms in total. The number of halogens is 1. The summed E-state index contributed by atoms with van der Waals surface area (Å²) in [5.41, 5.74) is 4.50. The molecule has 0 fully saturated rings. The minimum absolute atomic E-state index is 0.177. The molecule has 2 heteroatoms. The number of hydrogen-bond donors (Lipinski definition) is 0. The Labute approximate surface area is 134 Å². The Morgan fingerprint density at radius 2 is 2.00 bits per heavy atom. The van der Waals surface area contributed by atoms with Crippen molar-refractivity contribution in [1.29, 1.82) is 0 Å². The molecular weight excluding hydrogens is 291 g/mol.